The lowest BCUT2D eigenvalue weighted by molar-refractivity contribution is 0.193. The summed E-state index contributed by atoms with van der Waals surface area (Å²) in [6.45, 7) is 5.82. The van der Waals surface area contributed by atoms with Gasteiger partial charge in [-0.05, 0) is 32.0 Å². The molecule has 0 unspecified atom stereocenters. The van der Waals surface area contributed by atoms with Crippen LogP contribution in [0, 0.1) is 0 Å². The Labute approximate surface area is 109 Å². The summed E-state index contributed by atoms with van der Waals surface area (Å²) in [7, 11) is 1.72. The van der Waals surface area contributed by atoms with Crippen LogP contribution in [0.4, 0.5) is 0 Å². The van der Waals surface area contributed by atoms with Crippen LogP contribution in [-0.4, -0.2) is 40.0 Å². The van der Waals surface area contributed by atoms with E-state index in [1.807, 2.05) is 31.2 Å². The quantitative estimate of drug-likeness (QED) is 0.648. The molecule has 0 radical (unpaired) electrons. The average molecular weight is 253 g/mol. The number of rotatable bonds is 10. The zero-order chi connectivity index (χ0) is 13.1. The van der Waals surface area contributed by atoms with Gasteiger partial charge in [0.25, 0.3) is 0 Å². The van der Waals surface area contributed by atoms with Crippen molar-refractivity contribution < 1.29 is 14.2 Å². The predicted molar refractivity (Wildman–Crippen MR) is 72.5 cm³/mol. The van der Waals surface area contributed by atoms with Gasteiger partial charge in [-0.1, -0.05) is 12.1 Å². The number of nitrogens with one attached hydrogen (secondary N) is 1. The summed E-state index contributed by atoms with van der Waals surface area (Å²) in [6.07, 6.45) is 1.02. The molecular weight excluding hydrogens is 230 g/mol. The van der Waals surface area contributed by atoms with Crippen LogP contribution in [0.15, 0.2) is 24.3 Å². The molecule has 1 rings (SSSR count). The Hall–Kier alpha value is -1.26. The van der Waals surface area contributed by atoms with Crippen molar-refractivity contribution in [3.8, 4) is 11.5 Å². The molecule has 0 amide bonds. The molecule has 4 nitrogen and oxygen atoms in total. The van der Waals surface area contributed by atoms with Crippen molar-refractivity contribution in [3.05, 3.63) is 24.3 Å². The zero-order valence-electron chi connectivity index (χ0n) is 11.3. The minimum Gasteiger partial charge on any atom is -0.490 e. The Balaban J connectivity index is 2.18. The second kappa shape index (κ2) is 9.74. The van der Waals surface area contributed by atoms with Gasteiger partial charge in [-0.2, -0.15) is 0 Å². The van der Waals surface area contributed by atoms with Crippen molar-refractivity contribution >= 4 is 0 Å². The summed E-state index contributed by atoms with van der Waals surface area (Å²) < 4.78 is 16.1. The fourth-order valence-corrected chi connectivity index (χ4v) is 1.54. The van der Waals surface area contributed by atoms with Crippen molar-refractivity contribution in [2.24, 2.45) is 0 Å². The number of ether oxygens (including phenoxy) is 3. The third-order valence-corrected chi connectivity index (χ3v) is 2.39. The lowest BCUT2D eigenvalue weighted by Gasteiger charge is -2.11. The number of hydrogen-bond acceptors (Lipinski definition) is 4. The fourth-order valence-electron chi connectivity index (χ4n) is 1.54. The molecular formula is C14H23NO3. The molecule has 0 fully saturated rings. The fraction of sp³-hybridized carbons (Fsp3) is 0.571. The molecule has 0 heterocycles. The minimum absolute atomic E-state index is 0.636. The Bertz CT molecular complexity index is 318. The monoisotopic (exact) mass is 253 g/mol. The van der Waals surface area contributed by atoms with Gasteiger partial charge in [0.1, 0.15) is 6.61 Å². The zero-order valence-corrected chi connectivity index (χ0v) is 11.3. The molecule has 4 heteroatoms. The standard InChI is InChI=1S/C14H23NO3/c1-3-17-13-7-4-5-8-14(13)18-12-10-15-9-6-11-16-2/h4-5,7-8,15H,3,6,9-12H2,1-2H3. The summed E-state index contributed by atoms with van der Waals surface area (Å²) in [5, 5.41) is 3.30. The van der Waals surface area contributed by atoms with E-state index in [1.165, 1.54) is 0 Å². The molecule has 0 spiro atoms. The Kier molecular flexibility index (Phi) is 8.01. The van der Waals surface area contributed by atoms with E-state index < -0.39 is 0 Å². The molecule has 0 aromatic heterocycles. The van der Waals surface area contributed by atoms with Crippen molar-refractivity contribution in [1.29, 1.82) is 0 Å². The van der Waals surface area contributed by atoms with Crippen LogP contribution in [0.3, 0.4) is 0 Å². The van der Waals surface area contributed by atoms with Crippen LogP contribution < -0.4 is 14.8 Å². The Morgan fingerprint density at radius 1 is 1.00 bits per heavy atom. The van der Waals surface area contributed by atoms with Crippen LogP contribution in [-0.2, 0) is 4.74 Å². The molecule has 0 atom stereocenters. The summed E-state index contributed by atoms with van der Waals surface area (Å²) in [5.74, 6) is 1.61. The maximum atomic E-state index is 5.68. The third-order valence-electron chi connectivity index (χ3n) is 2.39. The van der Waals surface area contributed by atoms with E-state index in [0.717, 1.165) is 37.6 Å². The van der Waals surface area contributed by atoms with Crippen LogP contribution >= 0.6 is 0 Å². The SMILES string of the molecule is CCOc1ccccc1OCCNCCCOC. The van der Waals surface area contributed by atoms with Gasteiger partial charge < -0.3 is 19.5 Å². The van der Waals surface area contributed by atoms with Crippen molar-refractivity contribution in [2.45, 2.75) is 13.3 Å². The highest BCUT2D eigenvalue weighted by Crippen LogP contribution is 2.25. The van der Waals surface area contributed by atoms with E-state index in [9.17, 15) is 0 Å². The normalized spacial score (nSPS) is 10.3. The van der Waals surface area contributed by atoms with Gasteiger partial charge in [-0.25, -0.2) is 0 Å². The van der Waals surface area contributed by atoms with Crippen LogP contribution in [0.1, 0.15) is 13.3 Å². The van der Waals surface area contributed by atoms with E-state index in [2.05, 4.69) is 5.32 Å². The Morgan fingerprint density at radius 3 is 2.39 bits per heavy atom. The van der Waals surface area contributed by atoms with Crippen LogP contribution in [0.5, 0.6) is 11.5 Å². The van der Waals surface area contributed by atoms with Gasteiger partial charge in [-0.3, -0.25) is 0 Å². The van der Waals surface area contributed by atoms with Gasteiger partial charge in [0.05, 0.1) is 6.61 Å². The van der Waals surface area contributed by atoms with Gasteiger partial charge in [0, 0.05) is 20.3 Å². The summed E-state index contributed by atoms with van der Waals surface area (Å²) in [4.78, 5) is 0. The highest BCUT2D eigenvalue weighted by atomic mass is 16.5. The van der Waals surface area contributed by atoms with E-state index in [-0.39, 0.29) is 0 Å². The first-order valence-electron chi connectivity index (χ1n) is 6.42. The molecule has 1 N–H and O–H groups in total. The number of hydrogen-bond donors (Lipinski definition) is 1. The van der Waals surface area contributed by atoms with Crippen molar-refractivity contribution in [3.63, 3.8) is 0 Å². The van der Waals surface area contributed by atoms with Gasteiger partial charge in [0.2, 0.25) is 0 Å². The molecule has 0 aliphatic heterocycles. The van der Waals surface area contributed by atoms with E-state index >= 15 is 0 Å². The molecule has 1 aromatic carbocycles. The second-order valence-electron chi connectivity index (χ2n) is 3.82. The van der Waals surface area contributed by atoms with Crippen molar-refractivity contribution in [2.75, 3.05) is 40.0 Å². The van der Waals surface area contributed by atoms with E-state index in [0.29, 0.717) is 13.2 Å². The van der Waals surface area contributed by atoms with Gasteiger partial charge >= 0.3 is 0 Å². The lowest BCUT2D eigenvalue weighted by atomic mass is 10.3. The summed E-state index contributed by atoms with van der Waals surface area (Å²) >= 11 is 0. The topological polar surface area (TPSA) is 39.7 Å². The molecule has 18 heavy (non-hydrogen) atoms. The first-order valence-corrected chi connectivity index (χ1v) is 6.42. The van der Waals surface area contributed by atoms with Crippen LogP contribution in [0.25, 0.3) is 0 Å². The summed E-state index contributed by atoms with van der Waals surface area (Å²) in [6, 6.07) is 7.74. The number of para-hydroxylation sites is 2. The van der Waals surface area contributed by atoms with Crippen LogP contribution in [0.2, 0.25) is 0 Å². The summed E-state index contributed by atoms with van der Waals surface area (Å²) in [5.41, 5.74) is 0. The van der Waals surface area contributed by atoms with Crippen molar-refractivity contribution in [1.82, 2.24) is 5.32 Å². The second-order valence-corrected chi connectivity index (χ2v) is 3.82. The molecule has 0 bridgehead atoms. The Morgan fingerprint density at radius 2 is 1.72 bits per heavy atom. The lowest BCUT2D eigenvalue weighted by Crippen LogP contribution is -2.23. The minimum atomic E-state index is 0.636. The first kappa shape index (κ1) is 14.8. The maximum Gasteiger partial charge on any atom is 0.161 e. The highest BCUT2D eigenvalue weighted by Gasteiger charge is 2.02. The average Bonchev–Trinajstić information content (AvgIpc) is 2.40. The molecule has 1 aromatic rings. The highest BCUT2D eigenvalue weighted by molar-refractivity contribution is 5.39. The molecule has 102 valence electrons. The van der Waals surface area contributed by atoms with Gasteiger partial charge in [0.15, 0.2) is 11.5 Å². The van der Waals surface area contributed by atoms with E-state index in [1.54, 1.807) is 7.11 Å². The number of methoxy groups -OCH3 is 1. The third kappa shape index (κ3) is 5.89. The first-order chi connectivity index (χ1) is 8.88. The predicted octanol–water partition coefficient (Wildman–Crippen LogP) is 2.09. The number of benzene rings is 1. The smallest absolute Gasteiger partial charge is 0.161 e. The maximum absolute atomic E-state index is 5.68. The van der Waals surface area contributed by atoms with E-state index in [4.69, 9.17) is 14.2 Å². The molecule has 0 saturated heterocycles. The molecule has 0 saturated carbocycles. The molecule has 0 aliphatic rings. The molecule has 0 aliphatic carbocycles. The largest absolute Gasteiger partial charge is 0.490 e. The van der Waals surface area contributed by atoms with Gasteiger partial charge in [-0.15, -0.1) is 0 Å².